The molecule has 2 bridgehead atoms. The summed E-state index contributed by atoms with van der Waals surface area (Å²) in [5, 5.41) is 20.8. The molecule has 11 rings (SSSR count). The van der Waals surface area contributed by atoms with Crippen molar-refractivity contribution in [2.45, 2.75) is 88.8 Å². The Morgan fingerprint density at radius 3 is 2.49 bits per heavy atom. The first-order valence-electron chi connectivity index (χ1n) is 23.2. The lowest BCUT2D eigenvalue weighted by molar-refractivity contribution is -0.122. The van der Waals surface area contributed by atoms with Gasteiger partial charge in [0.15, 0.2) is 5.82 Å². The number of fused-ring (bicyclic) bond motifs is 4. The number of pyridine rings is 1. The Morgan fingerprint density at radius 1 is 0.969 bits per heavy atom. The number of phenolic OH excluding ortho intramolecular Hbond substituents is 1. The van der Waals surface area contributed by atoms with Crippen LogP contribution >= 0.6 is 0 Å². The number of aromatic hydroxyl groups is 1. The van der Waals surface area contributed by atoms with Gasteiger partial charge in [-0.15, -0.1) is 6.42 Å². The molecule has 5 aliphatic heterocycles. The van der Waals surface area contributed by atoms with Gasteiger partial charge in [0.2, 0.25) is 5.91 Å². The molecule has 1 amide bonds. The minimum Gasteiger partial charge on any atom is -0.508 e. The molecule has 65 heavy (non-hydrogen) atoms. The van der Waals surface area contributed by atoms with E-state index >= 15 is 13.2 Å². The summed E-state index contributed by atoms with van der Waals surface area (Å²) >= 11 is 0. The van der Waals surface area contributed by atoms with E-state index in [2.05, 4.69) is 48.1 Å². The number of carbonyl (C=O) groups is 1. The molecular formula is C50H54F3N9O3. The molecule has 12 nitrogen and oxygen atoms in total. The number of terminal acetylenes is 1. The molecule has 5 saturated heterocycles. The van der Waals surface area contributed by atoms with Crippen LogP contribution in [0.1, 0.15) is 75.3 Å². The fraction of sp³-hybridized carbons (Fsp3) is 0.480. The van der Waals surface area contributed by atoms with Gasteiger partial charge in [-0.1, -0.05) is 12.5 Å². The Hall–Kier alpha value is -5.85. The predicted octanol–water partition coefficient (Wildman–Crippen LogP) is 7.23. The maximum absolute atomic E-state index is 17.1. The smallest absolute Gasteiger partial charge is 0.319 e. The van der Waals surface area contributed by atoms with Crippen molar-refractivity contribution in [3.8, 4) is 35.4 Å². The Balaban J connectivity index is 0.787. The van der Waals surface area contributed by atoms with E-state index in [0.717, 1.165) is 77.7 Å². The number of allylic oxidation sites excluding steroid dienone is 3. The summed E-state index contributed by atoms with van der Waals surface area (Å²) in [5.41, 5.74) is 3.21. The van der Waals surface area contributed by atoms with Crippen molar-refractivity contribution in [3.05, 3.63) is 77.4 Å². The van der Waals surface area contributed by atoms with E-state index in [4.69, 9.17) is 21.1 Å². The van der Waals surface area contributed by atoms with Crippen molar-refractivity contribution < 1.29 is 27.8 Å². The molecule has 7 aliphatic rings. The average Bonchev–Trinajstić information content (AvgIpc) is 3.83. The second-order valence-corrected chi connectivity index (χ2v) is 19.7. The highest BCUT2D eigenvalue weighted by Gasteiger charge is 2.49. The molecule has 1 spiro atoms. The SMILES string of the molecule is C#CC1=C(F)CCc2cc(O)cc(-c3ncc4c(N5CC6CCC(C5)N6)nc(OCC5(CN6CCC7(CCN(c8ccc(NC9CCC(=C)NC9=O)cc8F)CC7)C6)CC5)nc4c3F)c21. The van der Waals surface area contributed by atoms with E-state index < -0.39 is 17.7 Å². The maximum atomic E-state index is 17.1. The maximum Gasteiger partial charge on any atom is 0.319 e. The summed E-state index contributed by atoms with van der Waals surface area (Å²) in [5.74, 6) is 1.34. The number of piperidine rings is 2. The van der Waals surface area contributed by atoms with Crippen LogP contribution in [0.4, 0.5) is 30.4 Å². The topological polar surface area (TPSA) is 131 Å². The van der Waals surface area contributed by atoms with Gasteiger partial charge in [-0.3, -0.25) is 9.78 Å². The van der Waals surface area contributed by atoms with E-state index in [1.54, 1.807) is 12.3 Å². The quantitative estimate of drug-likeness (QED) is 0.120. The van der Waals surface area contributed by atoms with E-state index in [9.17, 15) is 9.90 Å². The minimum atomic E-state index is -0.715. The molecule has 3 unspecified atom stereocenters. The van der Waals surface area contributed by atoms with Gasteiger partial charge < -0.3 is 40.5 Å². The van der Waals surface area contributed by atoms with Gasteiger partial charge >= 0.3 is 6.01 Å². The first-order valence-corrected chi connectivity index (χ1v) is 23.2. The van der Waals surface area contributed by atoms with Crippen molar-refractivity contribution in [1.29, 1.82) is 0 Å². The molecule has 4 N–H and O–H groups in total. The number of hydrogen-bond acceptors (Lipinski definition) is 11. The summed E-state index contributed by atoms with van der Waals surface area (Å²) in [6.45, 7) is 10.0. The molecule has 4 aromatic rings. The third kappa shape index (κ3) is 7.92. The number of nitrogens with zero attached hydrogens (tertiary/aromatic N) is 6. The van der Waals surface area contributed by atoms with Crippen LogP contribution in [0.3, 0.4) is 0 Å². The molecule has 15 heteroatoms. The number of aromatic nitrogens is 3. The summed E-state index contributed by atoms with van der Waals surface area (Å²) in [7, 11) is 0. The lowest BCUT2D eigenvalue weighted by Gasteiger charge is -2.40. The van der Waals surface area contributed by atoms with Crippen LogP contribution < -0.4 is 30.5 Å². The fourth-order valence-corrected chi connectivity index (χ4v) is 11.5. The second kappa shape index (κ2) is 16.2. The van der Waals surface area contributed by atoms with Crippen LogP contribution in [-0.2, 0) is 11.2 Å². The Bertz CT molecular complexity index is 2680. The number of phenols is 1. The second-order valence-electron chi connectivity index (χ2n) is 19.7. The number of anilines is 3. The van der Waals surface area contributed by atoms with Crippen LogP contribution in [0.2, 0.25) is 0 Å². The van der Waals surface area contributed by atoms with Gasteiger partial charge in [0, 0.05) is 91.9 Å². The number of likely N-dealkylation sites (tertiary alicyclic amines) is 1. The van der Waals surface area contributed by atoms with Gasteiger partial charge in [-0.2, -0.15) is 9.97 Å². The van der Waals surface area contributed by atoms with E-state index in [1.165, 1.54) is 12.1 Å². The molecule has 7 heterocycles. The minimum absolute atomic E-state index is 0.0430. The van der Waals surface area contributed by atoms with Gasteiger partial charge in [-0.05, 0) is 112 Å². The lowest BCUT2D eigenvalue weighted by Crippen LogP contribution is -2.51. The average molecular weight is 886 g/mol. The zero-order chi connectivity index (χ0) is 44.6. The molecule has 2 aliphatic carbocycles. The van der Waals surface area contributed by atoms with Crippen LogP contribution in [0, 0.1) is 34.8 Å². The normalized spacial score (nSPS) is 24.6. The number of benzene rings is 2. The van der Waals surface area contributed by atoms with Gasteiger partial charge in [0.05, 0.1) is 23.3 Å². The van der Waals surface area contributed by atoms with Crippen molar-refractivity contribution in [2.24, 2.45) is 10.8 Å². The van der Waals surface area contributed by atoms with Crippen LogP contribution in [0.5, 0.6) is 11.8 Å². The summed E-state index contributed by atoms with van der Waals surface area (Å²) in [4.78, 5) is 33.5. The molecule has 2 aromatic carbocycles. The molecule has 2 aromatic heterocycles. The molecule has 3 atom stereocenters. The number of hydrogen-bond donors (Lipinski definition) is 4. The Labute approximate surface area is 376 Å². The highest BCUT2D eigenvalue weighted by Crippen LogP contribution is 2.50. The monoisotopic (exact) mass is 885 g/mol. The number of nitrogens with one attached hydrogen (secondary N) is 3. The van der Waals surface area contributed by atoms with E-state index in [0.29, 0.717) is 90.4 Å². The summed E-state index contributed by atoms with van der Waals surface area (Å²) < 4.78 is 54.3. The standard InChI is InChI=1S/C50H54F3N9O3/c1-3-35-38(51)9-5-30-20-34(63)22-36(42(30)35)44-43(53)45-37(23-54-44)46(62-24-32-6-7-33(25-62)56-32)59-48(58-45)65-28-50(12-13-50)27-60-17-14-49(26-60)15-18-61(19-16-49)41-11-8-31(21-39(41)52)57-40-10-4-29(2)55-47(40)64/h1,8,11,20-23,32-33,40,56-57,63H,2,4-7,9-10,12-19,24-28H2,(H,55,64). The number of rotatable bonds is 10. The number of amides is 1. The largest absolute Gasteiger partial charge is 0.508 e. The van der Waals surface area contributed by atoms with Crippen molar-refractivity contribution in [1.82, 2.24) is 30.5 Å². The van der Waals surface area contributed by atoms with Crippen molar-refractivity contribution >= 4 is 39.6 Å². The van der Waals surface area contributed by atoms with Crippen molar-refractivity contribution in [2.75, 3.05) is 67.5 Å². The van der Waals surface area contributed by atoms with E-state index in [-0.39, 0.29) is 63.1 Å². The first-order chi connectivity index (χ1) is 31.4. The van der Waals surface area contributed by atoms with Crippen LogP contribution in [-0.4, -0.2) is 101 Å². The third-order valence-electron chi connectivity index (χ3n) is 15.2. The summed E-state index contributed by atoms with van der Waals surface area (Å²) in [6.07, 6.45) is 16.3. The first kappa shape index (κ1) is 41.8. The number of aryl methyl sites for hydroxylation is 1. The Kier molecular flexibility index (Phi) is 10.4. The molecular weight excluding hydrogens is 832 g/mol. The zero-order valence-corrected chi connectivity index (χ0v) is 36.5. The van der Waals surface area contributed by atoms with E-state index in [1.807, 2.05) is 12.1 Å². The van der Waals surface area contributed by atoms with Gasteiger partial charge in [0.1, 0.15) is 40.5 Å². The van der Waals surface area contributed by atoms with Crippen LogP contribution in [0.15, 0.2) is 54.6 Å². The molecule has 6 fully saturated rings. The Morgan fingerprint density at radius 2 is 1.75 bits per heavy atom. The predicted molar refractivity (Wildman–Crippen MR) is 244 cm³/mol. The number of carbonyl (C=O) groups excluding carboxylic acids is 1. The fourth-order valence-electron chi connectivity index (χ4n) is 11.5. The van der Waals surface area contributed by atoms with Gasteiger partial charge in [0.25, 0.3) is 0 Å². The number of halogens is 3. The third-order valence-corrected chi connectivity index (χ3v) is 15.2. The van der Waals surface area contributed by atoms with Crippen LogP contribution in [0.25, 0.3) is 27.7 Å². The number of piperazine rings is 1. The zero-order valence-electron chi connectivity index (χ0n) is 36.5. The highest BCUT2D eigenvalue weighted by molar-refractivity contribution is 5.96. The molecule has 1 saturated carbocycles. The number of ether oxygens (including phenoxy) is 1. The highest BCUT2D eigenvalue weighted by atomic mass is 19.1. The van der Waals surface area contributed by atoms with Gasteiger partial charge in [-0.25, -0.2) is 13.2 Å². The van der Waals surface area contributed by atoms with Crippen molar-refractivity contribution in [3.63, 3.8) is 0 Å². The lowest BCUT2D eigenvalue weighted by atomic mass is 9.77. The molecule has 0 radical (unpaired) electrons. The molecule has 338 valence electrons. The summed E-state index contributed by atoms with van der Waals surface area (Å²) in [6, 6.07) is 8.38.